The highest BCUT2D eigenvalue weighted by atomic mass is 16.4. The van der Waals surface area contributed by atoms with Crippen LogP contribution < -0.4 is 5.73 Å². The summed E-state index contributed by atoms with van der Waals surface area (Å²) in [5, 5.41) is 10.7. The molecule has 4 aromatic rings. The quantitative estimate of drug-likeness (QED) is 0.344. The molecule has 0 aliphatic carbocycles. The number of piperidine rings is 1. The van der Waals surface area contributed by atoms with Gasteiger partial charge < -0.3 is 20.7 Å². The number of nitrogens with two attached hydrogens (primary N) is 1. The van der Waals surface area contributed by atoms with E-state index >= 15 is 0 Å². The predicted octanol–water partition coefficient (Wildman–Crippen LogP) is 5.06. The van der Waals surface area contributed by atoms with Crippen molar-refractivity contribution >= 4 is 22.8 Å². The van der Waals surface area contributed by atoms with Crippen LogP contribution in [0.1, 0.15) is 57.4 Å². The van der Waals surface area contributed by atoms with Crippen LogP contribution in [0.3, 0.4) is 0 Å². The molecule has 1 atom stereocenters. The molecule has 1 aliphatic rings. The number of aliphatic carboxylic acids is 1. The zero-order chi connectivity index (χ0) is 25.1. The first-order valence-electron chi connectivity index (χ1n) is 12.5. The van der Waals surface area contributed by atoms with E-state index in [0.29, 0.717) is 37.7 Å². The van der Waals surface area contributed by atoms with Gasteiger partial charge in [0.1, 0.15) is 5.69 Å². The van der Waals surface area contributed by atoms with Crippen molar-refractivity contribution in [3.05, 3.63) is 107 Å². The molecule has 1 aliphatic heterocycles. The van der Waals surface area contributed by atoms with Gasteiger partial charge in [0.15, 0.2) is 0 Å². The van der Waals surface area contributed by atoms with E-state index in [-0.39, 0.29) is 5.91 Å². The molecule has 36 heavy (non-hydrogen) atoms. The number of aromatic amines is 1. The molecule has 1 fully saturated rings. The summed E-state index contributed by atoms with van der Waals surface area (Å²) in [6, 6.07) is 25.5. The average molecular weight is 482 g/mol. The number of nitrogens with zero attached hydrogens (tertiary/aromatic N) is 1. The highest BCUT2D eigenvalue weighted by molar-refractivity contribution is 5.98. The van der Waals surface area contributed by atoms with Crippen molar-refractivity contribution in [1.82, 2.24) is 9.88 Å². The standard InChI is InChI=1S/C30H31N3O3/c31-19-21-5-4-8-24(15-21)22-11-13-33(14-12-22)29(34)28-18-25-10-9-20(17-27(25)32-28)16-26(30(35)36)23-6-2-1-3-7-23/h1-10,15,17-18,22,26,32H,11-14,16,19,31H2,(H,35,36). The molecule has 1 aromatic heterocycles. The van der Waals surface area contributed by atoms with E-state index in [4.69, 9.17) is 5.73 Å². The Morgan fingerprint density at radius 3 is 2.44 bits per heavy atom. The summed E-state index contributed by atoms with van der Waals surface area (Å²) in [5.41, 5.74) is 11.4. The van der Waals surface area contributed by atoms with Crippen molar-refractivity contribution in [2.75, 3.05) is 13.1 Å². The molecular weight excluding hydrogens is 450 g/mol. The average Bonchev–Trinajstić information content (AvgIpc) is 3.35. The van der Waals surface area contributed by atoms with E-state index in [1.165, 1.54) is 5.56 Å². The number of nitrogens with one attached hydrogen (secondary N) is 1. The predicted molar refractivity (Wildman–Crippen MR) is 141 cm³/mol. The summed E-state index contributed by atoms with van der Waals surface area (Å²) in [6.07, 6.45) is 2.25. The fourth-order valence-electron chi connectivity index (χ4n) is 5.25. The minimum atomic E-state index is -0.846. The molecule has 1 saturated heterocycles. The fourth-order valence-corrected chi connectivity index (χ4v) is 5.25. The van der Waals surface area contributed by atoms with Crippen LogP contribution >= 0.6 is 0 Å². The second-order valence-electron chi connectivity index (χ2n) is 9.63. The molecule has 6 heteroatoms. The number of benzene rings is 3. The third-order valence-corrected chi connectivity index (χ3v) is 7.30. The largest absolute Gasteiger partial charge is 0.481 e. The van der Waals surface area contributed by atoms with Crippen LogP contribution in [-0.4, -0.2) is 40.0 Å². The van der Waals surface area contributed by atoms with Crippen LogP contribution in [0.15, 0.2) is 78.9 Å². The molecule has 0 saturated carbocycles. The summed E-state index contributed by atoms with van der Waals surface area (Å²) in [7, 11) is 0. The van der Waals surface area contributed by atoms with Crippen molar-refractivity contribution in [1.29, 1.82) is 0 Å². The van der Waals surface area contributed by atoms with Crippen molar-refractivity contribution in [3.63, 3.8) is 0 Å². The first-order valence-corrected chi connectivity index (χ1v) is 12.5. The summed E-state index contributed by atoms with van der Waals surface area (Å²) in [6.45, 7) is 1.97. The number of carbonyl (C=O) groups is 2. The zero-order valence-corrected chi connectivity index (χ0v) is 20.2. The van der Waals surface area contributed by atoms with E-state index in [1.807, 2.05) is 65.6 Å². The molecule has 2 heterocycles. The van der Waals surface area contributed by atoms with Crippen molar-refractivity contribution in [2.45, 2.75) is 37.6 Å². The summed E-state index contributed by atoms with van der Waals surface area (Å²) in [5.74, 6) is -1.01. The van der Waals surface area contributed by atoms with Gasteiger partial charge in [-0.3, -0.25) is 9.59 Å². The molecule has 0 spiro atoms. The number of likely N-dealkylation sites (tertiary alicyclic amines) is 1. The Morgan fingerprint density at radius 2 is 1.72 bits per heavy atom. The van der Waals surface area contributed by atoms with Gasteiger partial charge in [0.05, 0.1) is 5.92 Å². The van der Waals surface area contributed by atoms with E-state index in [0.717, 1.165) is 40.4 Å². The van der Waals surface area contributed by atoms with Crippen molar-refractivity contribution in [3.8, 4) is 0 Å². The molecule has 184 valence electrons. The van der Waals surface area contributed by atoms with Gasteiger partial charge in [-0.2, -0.15) is 0 Å². The van der Waals surface area contributed by atoms with Gasteiger partial charge in [-0.05, 0) is 59.6 Å². The SMILES string of the molecule is NCc1cccc(C2CCN(C(=O)c3cc4ccc(CC(C(=O)O)c5ccccc5)cc4[nH]3)CC2)c1. The lowest BCUT2D eigenvalue weighted by Gasteiger charge is -2.32. The Balaban J connectivity index is 1.27. The second-order valence-corrected chi connectivity index (χ2v) is 9.63. The highest BCUT2D eigenvalue weighted by Gasteiger charge is 2.26. The van der Waals surface area contributed by atoms with Crippen LogP contribution in [-0.2, 0) is 17.8 Å². The minimum absolute atomic E-state index is 0.00890. The van der Waals surface area contributed by atoms with E-state index < -0.39 is 11.9 Å². The minimum Gasteiger partial charge on any atom is -0.481 e. The van der Waals surface area contributed by atoms with Gasteiger partial charge in [0.25, 0.3) is 5.91 Å². The maximum atomic E-state index is 13.3. The van der Waals surface area contributed by atoms with Crippen LogP contribution in [0.5, 0.6) is 0 Å². The third-order valence-electron chi connectivity index (χ3n) is 7.30. The molecular formula is C30H31N3O3. The Labute approximate surface area is 210 Å². The molecule has 0 radical (unpaired) electrons. The van der Waals surface area contributed by atoms with Gasteiger partial charge in [-0.15, -0.1) is 0 Å². The summed E-state index contributed by atoms with van der Waals surface area (Å²) < 4.78 is 0. The lowest BCUT2D eigenvalue weighted by Crippen LogP contribution is -2.38. The molecule has 3 aromatic carbocycles. The van der Waals surface area contributed by atoms with Gasteiger partial charge >= 0.3 is 5.97 Å². The Hall–Kier alpha value is -3.90. The van der Waals surface area contributed by atoms with Gasteiger partial charge in [0, 0.05) is 30.5 Å². The monoisotopic (exact) mass is 481 g/mol. The molecule has 1 unspecified atom stereocenters. The van der Waals surface area contributed by atoms with Crippen LogP contribution in [0.25, 0.3) is 10.9 Å². The van der Waals surface area contributed by atoms with E-state index in [1.54, 1.807) is 0 Å². The number of H-pyrrole nitrogens is 1. The molecule has 1 amide bonds. The number of carboxylic acids is 1. The van der Waals surface area contributed by atoms with Crippen LogP contribution in [0.4, 0.5) is 0 Å². The first-order chi connectivity index (χ1) is 17.5. The lowest BCUT2D eigenvalue weighted by atomic mass is 9.88. The van der Waals surface area contributed by atoms with Gasteiger partial charge in [-0.25, -0.2) is 0 Å². The first kappa shape index (κ1) is 23.8. The summed E-state index contributed by atoms with van der Waals surface area (Å²) in [4.78, 5) is 30.4. The smallest absolute Gasteiger partial charge is 0.311 e. The van der Waals surface area contributed by atoms with E-state index in [2.05, 4.69) is 23.2 Å². The number of hydrogen-bond donors (Lipinski definition) is 3. The molecule has 6 nitrogen and oxygen atoms in total. The van der Waals surface area contributed by atoms with Crippen molar-refractivity contribution in [2.24, 2.45) is 5.73 Å². The highest BCUT2D eigenvalue weighted by Crippen LogP contribution is 2.30. The Morgan fingerprint density at radius 1 is 0.944 bits per heavy atom. The number of fused-ring (bicyclic) bond motifs is 1. The van der Waals surface area contributed by atoms with Crippen molar-refractivity contribution < 1.29 is 14.7 Å². The number of carboxylic acid groups (broad SMARTS) is 1. The fraction of sp³-hybridized carbons (Fsp3) is 0.267. The lowest BCUT2D eigenvalue weighted by molar-refractivity contribution is -0.138. The number of amides is 1. The topological polar surface area (TPSA) is 99.4 Å². The van der Waals surface area contributed by atoms with Crippen LogP contribution in [0, 0.1) is 0 Å². The number of aromatic nitrogens is 1. The molecule has 5 rings (SSSR count). The molecule has 0 bridgehead atoms. The second kappa shape index (κ2) is 10.4. The number of hydrogen-bond acceptors (Lipinski definition) is 3. The third kappa shape index (κ3) is 5.04. The van der Waals surface area contributed by atoms with Gasteiger partial charge in [-0.1, -0.05) is 66.7 Å². The van der Waals surface area contributed by atoms with E-state index in [9.17, 15) is 14.7 Å². The maximum Gasteiger partial charge on any atom is 0.311 e. The Kier molecular flexibility index (Phi) is 6.87. The Bertz CT molecular complexity index is 1370. The number of carbonyl (C=O) groups excluding carboxylic acids is 1. The number of rotatable bonds is 7. The molecule has 4 N–H and O–H groups in total. The normalized spacial score (nSPS) is 15.2. The maximum absolute atomic E-state index is 13.3. The zero-order valence-electron chi connectivity index (χ0n) is 20.2. The van der Waals surface area contributed by atoms with Gasteiger partial charge in [0.2, 0.25) is 0 Å². The summed E-state index contributed by atoms with van der Waals surface area (Å²) >= 11 is 0. The van der Waals surface area contributed by atoms with Crippen LogP contribution in [0.2, 0.25) is 0 Å².